The second-order valence-electron chi connectivity index (χ2n) is 2.56. The van der Waals surface area contributed by atoms with Gasteiger partial charge in [-0.2, -0.15) is 0 Å². The van der Waals surface area contributed by atoms with E-state index in [0.29, 0.717) is 0 Å². The van der Waals surface area contributed by atoms with E-state index < -0.39 is 5.91 Å². The van der Waals surface area contributed by atoms with Crippen LogP contribution in [0, 0.1) is 5.41 Å². The standard InChI is InChI=1S/C6H7ClIN7O/c7-2-4(10)13-3(9)1(12-2)5(16)14-6(11)15-8/h(H4,9,10,13)(H3,11,14,15,16). The van der Waals surface area contributed by atoms with Gasteiger partial charge in [-0.25, -0.2) is 9.97 Å². The van der Waals surface area contributed by atoms with Crippen molar-refractivity contribution in [1.29, 1.82) is 5.41 Å². The molecule has 1 aromatic rings. The van der Waals surface area contributed by atoms with Gasteiger partial charge in [-0.1, -0.05) is 11.6 Å². The fraction of sp³-hybridized carbons (Fsp3) is 0. The number of hydrogen-bond donors (Lipinski definition) is 5. The maximum atomic E-state index is 11.5. The summed E-state index contributed by atoms with van der Waals surface area (Å²) in [7, 11) is 0. The van der Waals surface area contributed by atoms with E-state index in [4.69, 9.17) is 28.5 Å². The molecule has 0 spiro atoms. The van der Waals surface area contributed by atoms with Gasteiger partial charge in [0.1, 0.15) is 0 Å². The molecule has 10 heteroatoms. The van der Waals surface area contributed by atoms with Crippen LogP contribution in [-0.2, 0) is 0 Å². The van der Waals surface area contributed by atoms with E-state index in [1.807, 2.05) is 0 Å². The third-order valence-electron chi connectivity index (χ3n) is 1.45. The number of nitrogen functional groups attached to an aromatic ring is 2. The molecule has 0 atom stereocenters. The third-order valence-corrected chi connectivity index (χ3v) is 2.27. The summed E-state index contributed by atoms with van der Waals surface area (Å²) in [5.41, 5.74) is 10.6. The molecular weight excluding hydrogens is 348 g/mol. The topological polar surface area (TPSA) is 143 Å². The Morgan fingerprint density at radius 1 is 1.38 bits per heavy atom. The van der Waals surface area contributed by atoms with Gasteiger partial charge < -0.3 is 11.5 Å². The van der Waals surface area contributed by atoms with Crippen molar-refractivity contribution in [3.05, 3.63) is 10.8 Å². The molecule has 1 aromatic heterocycles. The number of hydrogen-bond acceptors (Lipinski definition) is 6. The van der Waals surface area contributed by atoms with Crippen LogP contribution in [0.25, 0.3) is 0 Å². The number of carbonyl (C=O) groups excluding carboxylic acids is 1. The monoisotopic (exact) mass is 355 g/mol. The first kappa shape index (κ1) is 12.7. The van der Waals surface area contributed by atoms with Crippen LogP contribution in [0.4, 0.5) is 11.6 Å². The van der Waals surface area contributed by atoms with Crippen LogP contribution in [0.1, 0.15) is 10.5 Å². The number of halogens is 2. The summed E-state index contributed by atoms with van der Waals surface area (Å²) in [6.07, 6.45) is 0. The Kier molecular flexibility index (Phi) is 4.06. The van der Waals surface area contributed by atoms with Crippen molar-refractivity contribution >= 4 is 58.0 Å². The summed E-state index contributed by atoms with van der Waals surface area (Å²) in [6, 6.07) is 0. The van der Waals surface area contributed by atoms with E-state index in [9.17, 15) is 4.79 Å². The molecular formula is C6H7ClIN7O. The molecule has 0 saturated heterocycles. The fourth-order valence-corrected chi connectivity index (χ4v) is 1.07. The van der Waals surface area contributed by atoms with E-state index in [1.54, 1.807) is 22.9 Å². The first-order chi connectivity index (χ1) is 7.45. The Bertz CT molecular complexity index is 451. The molecule has 1 rings (SSSR count). The molecule has 0 aliphatic heterocycles. The van der Waals surface area contributed by atoms with Gasteiger partial charge >= 0.3 is 0 Å². The minimum Gasteiger partial charge on any atom is -0.382 e. The van der Waals surface area contributed by atoms with Gasteiger partial charge in [0.15, 0.2) is 22.5 Å². The molecule has 1 amide bonds. The molecule has 7 N–H and O–H groups in total. The Morgan fingerprint density at radius 2 is 2.00 bits per heavy atom. The summed E-state index contributed by atoms with van der Waals surface area (Å²) in [5.74, 6) is -1.11. The molecule has 0 aromatic carbocycles. The van der Waals surface area contributed by atoms with Gasteiger partial charge in [0, 0.05) is 0 Å². The number of nitrogens with zero attached hydrogens (tertiary/aromatic N) is 2. The van der Waals surface area contributed by atoms with E-state index in [0.717, 1.165) is 0 Å². The molecule has 86 valence electrons. The van der Waals surface area contributed by atoms with Crippen LogP contribution in [0.5, 0.6) is 0 Å². The number of carbonyl (C=O) groups is 1. The zero-order chi connectivity index (χ0) is 12.3. The van der Waals surface area contributed by atoms with Gasteiger partial charge in [-0.3, -0.25) is 19.1 Å². The molecule has 8 nitrogen and oxygen atoms in total. The van der Waals surface area contributed by atoms with Crippen LogP contribution in [0.3, 0.4) is 0 Å². The molecule has 0 radical (unpaired) electrons. The van der Waals surface area contributed by atoms with Crippen molar-refractivity contribution < 1.29 is 4.79 Å². The number of rotatable bonds is 1. The van der Waals surface area contributed by atoms with Gasteiger partial charge in [0.25, 0.3) is 5.91 Å². The molecule has 0 aliphatic carbocycles. The first-order valence-electron chi connectivity index (χ1n) is 3.80. The summed E-state index contributed by atoms with van der Waals surface area (Å²) >= 11 is 7.28. The fourth-order valence-electron chi connectivity index (χ4n) is 0.805. The Labute approximate surface area is 109 Å². The highest BCUT2D eigenvalue weighted by atomic mass is 127. The number of nitrogens with two attached hydrogens (primary N) is 2. The second-order valence-corrected chi connectivity index (χ2v) is 3.45. The van der Waals surface area contributed by atoms with Crippen molar-refractivity contribution in [1.82, 2.24) is 18.8 Å². The number of anilines is 2. The number of amides is 1. The number of aromatic nitrogens is 2. The molecule has 1 heterocycles. The molecule has 0 aliphatic rings. The largest absolute Gasteiger partial charge is 0.382 e. The van der Waals surface area contributed by atoms with Crippen molar-refractivity contribution in [3.8, 4) is 0 Å². The maximum Gasteiger partial charge on any atom is 0.280 e. The first-order valence-corrected chi connectivity index (χ1v) is 5.26. The van der Waals surface area contributed by atoms with E-state index in [2.05, 4.69) is 18.8 Å². The molecule has 16 heavy (non-hydrogen) atoms. The highest BCUT2D eigenvalue weighted by molar-refractivity contribution is 14.1. The summed E-state index contributed by atoms with van der Waals surface area (Å²) < 4.78 is 2.39. The predicted molar refractivity (Wildman–Crippen MR) is 68.2 cm³/mol. The molecule has 0 bridgehead atoms. The van der Waals surface area contributed by atoms with Gasteiger partial charge in [0.2, 0.25) is 5.96 Å². The SMILES string of the molecule is N=C(NI)NC(=O)c1nc(Cl)c(N)nc1N. The third kappa shape index (κ3) is 2.82. The highest BCUT2D eigenvalue weighted by Crippen LogP contribution is 2.16. The molecule has 0 unspecified atom stereocenters. The molecule has 0 saturated carbocycles. The summed E-state index contributed by atoms with van der Waals surface area (Å²) in [5, 5.41) is 9.25. The summed E-state index contributed by atoms with van der Waals surface area (Å²) in [4.78, 5) is 18.8. The lowest BCUT2D eigenvalue weighted by molar-refractivity contribution is 0.0972. The number of guanidine groups is 1. The predicted octanol–water partition coefficient (Wildman–Crippen LogP) is -0.101. The van der Waals surface area contributed by atoms with Crippen LogP contribution < -0.4 is 20.3 Å². The Hall–Kier alpha value is -1.36. The van der Waals surface area contributed by atoms with E-state index in [-0.39, 0.29) is 28.4 Å². The van der Waals surface area contributed by atoms with E-state index in [1.165, 1.54) is 0 Å². The van der Waals surface area contributed by atoms with Crippen LogP contribution >= 0.6 is 34.5 Å². The van der Waals surface area contributed by atoms with Crippen molar-refractivity contribution in [3.63, 3.8) is 0 Å². The quantitative estimate of drug-likeness (QED) is 0.206. The highest BCUT2D eigenvalue weighted by Gasteiger charge is 2.16. The minimum absolute atomic E-state index is 0.0576. The Morgan fingerprint density at radius 3 is 2.56 bits per heavy atom. The lowest BCUT2D eigenvalue weighted by Crippen LogP contribution is -2.36. The van der Waals surface area contributed by atoms with Crippen molar-refractivity contribution in [2.24, 2.45) is 0 Å². The van der Waals surface area contributed by atoms with Gasteiger partial charge in [-0.05, 0) is 0 Å². The second kappa shape index (κ2) is 5.12. The normalized spacial score (nSPS) is 9.62. The number of nitrogens with one attached hydrogen (secondary N) is 3. The van der Waals surface area contributed by atoms with Crippen molar-refractivity contribution in [2.45, 2.75) is 0 Å². The van der Waals surface area contributed by atoms with Gasteiger partial charge in [-0.15, -0.1) is 0 Å². The average Bonchev–Trinajstić information content (AvgIpc) is 2.23. The van der Waals surface area contributed by atoms with Gasteiger partial charge in [0.05, 0.1) is 22.9 Å². The zero-order valence-electron chi connectivity index (χ0n) is 7.71. The molecule has 0 fully saturated rings. The summed E-state index contributed by atoms with van der Waals surface area (Å²) in [6.45, 7) is 0. The zero-order valence-corrected chi connectivity index (χ0v) is 10.6. The minimum atomic E-state index is -0.693. The maximum absolute atomic E-state index is 11.5. The van der Waals surface area contributed by atoms with Crippen LogP contribution in [0.2, 0.25) is 5.15 Å². The van der Waals surface area contributed by atoms with Crippen LogP contribution in [0.15, 0.2) is 0 Å². The Balaban J connectivity index is 3.00. The lowest BCUT2D eigenvalue weighted by atomic mass is 10.4. The average molecular weight is 356 g/mol. The van der Waals surface area contributed by atoms with Crippen LogP contribution in [-0.4, -0.2) is 21.8 Å². The smallest absolute Gasteiger partial charge is 0.280 e. The van der Waals surface area contributed by atoms with Crippen molar-refractivity contribution in [2.75, 3.05) is 11.5 Å². The lowest BCUT2D eigenvalue weighted by Gasteiger charge is -2.07. The van der Waals surface area contributed by atoms with E-state index >= 15 is 0 Å².